The second-order valence-electron chi connectivity index (χ2n) is 10.6. The zero-order valence-corrected chi connectivity index (χ0v) is 21.4. The van der Waals surface area contributed by atoms with E-state index < -0.39 is 5.41 Å². The number of nitrogens with zero attached hydrogens (tertiary/aromatic N) is 3. The van der Waals surface area contributed by atoms with Crippen LogP contribution in [0.25, 0.3) is 0 Å². The zero-order valence-electron chi connectivity index (χ0n) is 20.7. The molecule has 2 atom stereocenters. The van der Waals surface area contributed by atoms with Crippen LogP contribution >= 0.6 is 11.6 Å². The van der Waals surface area contributed by atoms with Gasteiger partial charge in [-0.05, 0) is 36.2 Å². The van der Waals surface area contributed by atoms with Gasteiger partial charge in [0, 0.05) is 62.3 Å². The van der Waals surface area contributed by atoms with E-state index in [1.807, 2.05) is 25.7 Å². The van der Waals surface area contributed by atoms with Gasteiger partial charge in [0.05, 0.1) is 11.7 Å². The van der Waals surface area contributed by atoms with Gasteiger partial charge < -0.3 is 15.1 Å². The summed E-state index contributed by atoms with van der Waals surface area (Å²) >= 11 is 6.01. The molecular weight excluding hydrogens is 451 g/mol. The fourth-order valence-electron chi connectivity index (χ4n) is 4.93. The Labute approximate surface area is 207 Å². The largest absolute Gasteiger partial charge is 0.359 e. The fraction of sp³-hybridized carbons (Fsp3) is 0.519. The summed E-state index contributed by atoms with van der Waals surface area (Å²) in [4.78, 5) is 19.6. The number of hydrogen-bond donors (Lipinski definition) is 1. The molecule has 0 unspecified atom stereocenters. The van der Waals surface area contributed by atoms with Crippen LogP contribution in [-0.2, 0) is 11.3 Å². The van der Waals surface area contributed by atoms with Gasteiger partial charge in [0.1, 0.15) is 5.82 Å². The molecule has 2 aromatic rings. The number of carbonyl (C=O) groups is 1. The molecule has 7 heteroatoms. The molecule has 4 rings (SSSR count). The van der Waals surface area contributed by atoms with E-state index in [4.69, 9.17) is 11.6 Å². The Kier molecular flexibility index (Phi) is 7.51. The van der Waals surface area contributed by atoms with Crippen molar-refractivity contribution in [3.8, 4) is 0 Å². The summed E-state index contributed by atoms with van der Waals surface area (Å²) in [5, 5.41) is 3.82. The van der Waals surface area contributed by atoms with Crippen LogP contribution in [0.15, 0.2) is 42.5 Å². The van der Waals surface area contributed by atoms with E-state index in [0.717, 1.165) is 31.7 Å². The van der Waals surface area contributed by atoms with Crippen molar-refractivity contribution in [3.05, 3.63) is 64.4 Å². The van der Waals surface area contributed by atoms with Crippen molar-refractivity contribution in [1.29, 1.82) is 0 Å². The molecule has 2 aromatic carbocycles. The molecule has 2 aliphatic rings. The Hall–Kier alpha value is -2.15. The molecule has 0 radical (unpaired) electrons. The quantitative estimate of drug-likeness (QED) is 0.679. The molecule has 0 aliphatic carbocycles. The van der Waals surface area contributed by atoms with E-state index >= 15 is 0 Å². The lowest BCUT2D eigenvalue weighted by Gasteiger charge is -2.44. The standard InChI is InChI=1S/C27H36ClFN4O/c1-19-16-30-11-12-31(19)17-20-5-7-21(8-6-20)25-18-32(26(34)27(2,3)4)13-14-33(25)24-10-9-22(28)15-23(24)29/h5-10,15,19,25,30H,11-14,16-18H2,1-4H3/t19-,25-/m0/s1. The molecular formula is C27H36ClFN4O. The molecule has 0 aromatic heterocycles. The third-order valence-corrected chi connectivity index (χ3v) is 7.15. The summed E-state index contributed by atoms with van der Waals surface area (Å²) in [5.41, 5.74) is 2.41. The van der Waals surface area contributed by atoms with Crippen LogP contribution in [0.5, 0.6) is 0 Å². The highest BCUT2D eigenvalue weighted by Crippen LogP contribution is 2.35. The maximum Gasteiger partial charge on any atom is 0.228 e. The zero-order chi connectivity index (χ0) is 24.5. The minimum absolute atomic E-state index is 0.123. The Balaban J connectivity index is 1.60. The van der Waals surface area contributed by atoms with E-state index in [9.17, 15) is 9.18 Å². The van der Waals surface area contributed by atoms with Crippen molar-refractivity contribution in [2.24, 2.45) is 5.41 Å². The topological polar surface area (TPSA) is 38.8 Å². The highest BCUT2D eigenvalue weighted by molar-refractivity contribution is 6.30. The van der Waals surface area contributed by atoms with E-state index in [1.165, 1.54) is 11.6 Å². The fourth-order valence-corrected chi connectivity index (χ4v) is 5.09. The molecule has 2 fully saturated rings. The van der Waals surface area contributed by atoms with Gasteiger partial charge in [0.15, 0.2) is 0 Å². The Morgan fingerprint density at radius 1 is 1.12 bits per heavy atom. The van der Waals surface area contributed by atoms with Crippen molar-refractivity contribution in [2.75, 3.05) is 44.2 Å². The highest BCUT2D eigenvalue weighted by atomic mass is 35.5. The SMILES string of the molecule is C[C@H]1CNCCN1Cc1ccc([C@@H]2CN(C(=O)C(C)(C)C)CCN2c2ccc(Cl)cc2F)cc1. The first-order chi connectivity index (χ1) is 16.1. The number of rotatable bonds is 4. The molecule has 1 N–H and O–H groups in total. The van der Waals surface area contributed by atoms with Gasteiger partial charge in [-0.2, -0.15) is 0 Å². The number of halogens is 2. The van der Waals surface area contributed by atoms with Gasteiger partial charge in [0.2, 0.25) is 5.91 Å². The summed E-state index contributed by atoms with van der Waals surface area (Å²) in [7, 11) is 0. The predicted molar refractivity (Wildman–Crippen MR) is 137 cm³/mol. The van der Waals surface area contributed by atoms with Crippen molar-refractivity contribution in [2.45, 2.75) is 46.3 Å². The van der Waals surface area contributed by atoms with Crippen LogP contribution in [0.4, 0.5) is 10.1 Å². The van der Waals surface area contributed by atoms with Crippen LogP contribution < -0.4 is 10.2 Å². The smallest absolute Gasteiger partial charge is 0.228 e. The monoisotopic (exact) mass is 486 g/mol. The Morgan fingerprint density at radius 3 is 2.50 bits per heavy atom. The third kappa shape index (κ3) is 5.56. The number of amides is 1. The molecule has 0 bridgehead atoms. The van der Waals surface area contributed by atoms with Crippen molar-refractivity contribution >= 4 is 23.2 Å². The maximum atomic E-state index is 14.9. The lowest BCUT2D eigenvalue weighted by Crippen LogP contribution is -2.53. The number of piperazine rings is 2. The van der Waals surface area contributed by atoms with E-state index in [-0.39, 0.29) is 17.8 Å². The number of hydrogen-bond acceptors (Lipinski definition) is 4. The Morgan fingerprint density at radius 2 is 1.85 bits per heavy atom. The summed E-state index contributed by atoms with van der Waals surface area (Å²) in [6.45, 7) is 13.7. The predicted octanol–water partition coefficient (Wildman–Crippen LogP) is 4.71. The molecule has 2 aliphatic heterocycles. The van der Waals surface area contributed by atoms with Crippen molar-refractivity contribution in [3.63, 3.8) is 0 Å². The van der Waals surface area contributed by atoms with Crippen LogP contribution in [0.2, 0.25) is 5.02 Å². The molecule has 34 heavy (non-hydrogen) atoms. The maximum absolute atomic E-state index is 14.9. The molecule has 1 amide bonds. The van der Waals surface area contributed by atoms with Crippen LogP contribution in [0, 0.1) is 11.2 Å². The minimum Gasteiger partial charge on any atom is -0.359 e. The van der Waals surface area contributed by atoms with Crippen LogP contribution in [0.3, 0.4) is 0 Å². The number of anilines is 1. The summed E-state index contributed by atoms with van der Waals surface area (Å²) in [6, 6.07) is 13.8. The lowest BCUT2D eigenvalue weighted by atomic mass is 9.92. The first-order valence-electron chi connectivity index (χ1n) is 12.2. The summed E-state index contributed by atoms with van der Waals surface area (Å²) in [5.74, 6) is -0.213. The van der Waals surface area contributed by atoms with Crippen LogP contribution in [0.1, 0.15) is 44.9 Å². The minimum atomic E-state index is -0.456. The first kappa shape index (κ1) is 25.0. The molecule has 5 nitrogen and oxygen atoms in total. The van der Waals surface area contributed by atoms with Crippen LogP contribution in [-0.4, -0.2) is 61.0 Å². The van der Waals surface area contributed by atoms with E-state index in [0.29, 0.717) is 36.4 Å². The second-order valence-corrected chi connectivity index (χ2v) is 11.0. The lowest BCUT2D eigenvalue weighted by molar-refractivity contribution is -0.140. The highest BCUT2D eigenvalue weighted by Gasteiger charge is 2.35. The van der Waals surface area contributed by atoms with Gasteiger partial charge in [-0.15, -0.1) is 0 Å². The number of nitrogens with one attached hydrogen (secondary N) is 1. The van der Waals surface area contributed by atoms with Gasteiger partial charge >= 0.3 is 0 Å². The molecule has 184 valence electrons. The molecule has 2 heterocycles. The average molecular weight is 487 g/mol. The normalized spacial score (nSPS) is 22.2. The molecule has 2 saturated heterocycles. The number of carbonyl (C=O) groups excluding carboxylic acids is 1. The van der Waals surface area contributed by atoms with Gasteiger partial charge in [-0.1, -0.05) is 56.6 Å². The van der Waals surface area contributed by atoms with Gasteiger partial charge in [0.25, 0.3) is 0 Å². The molecule has 0 spiro atoms. The van der Waals surface area contributed by atoms with E-state index in [1.54, 1.807) is 12.1 Å². The Bertz CT molecular complexity index is 1010. The molecule has 0 saturated carbocycles. The summed E-state index contributed by atoms with van der Waals surface area (Å²) < 4.78 is 14.9. The second kappa shape index (κ2) is 10.2. The number of benzene rings is 2. The van der Waals surface area contributed by atoms with Gasteiger partial charge in [-0.3, -0.25) is 9.69 Å². The van der Waals surface area contributed by atoms with E-state index in [2.05, 4.69) is 46.3 Å². The third-order valence-electron chi connectivity index (χ3n) is 6.92. The van der Waals surface area contributed by atoms with Gasteiger partial charge in [-0.25, -0.2) is 4.39 Å². The first-order valence-corrected chi connectivity index (χ1v) is 12.6. The van der Waals surface area contributed by atoms with Crippen molar-refractivity contribution in [1.82, 2.24) is 15.1 Å². The average Bonchev–Trinajstić information content (AvgIpc) is 2.80. The van der Waals surface area contributed by atoms with Crippen molar-refractivity contribution < 1.29 is 9.18 Å². The summed E-state index contributed by atoms with van der Waals surface area (Å²) in [6.07, 6.45) is 0.